The van der Waals surface area contributed by atoms with Gasteiger partial charge in [-0.1, -0.05) is 6.07 Å². The van der Waals surface area contributed by atoms with Gasteiger partial charge in [0.15, 0.2) is 0 Å². The van der Waals surface area contributed by atoms with Gasteiger partial charge in [-0.3, -0.25) is 9.59 Å². The molecule has 2 fully saturated rings. The van der Waals surface area contributed by atoms with Crippen molar-refractivity contribution in [3.05, 3.63) is 65.1 Å². The summed E-state index contributed by atoms with van der Waals surface area (Å²) in [5.41, 5.74) is 1.85. The average molecular weight is 421 g/mol. The number of nitrogens with one attached hydrogen (secondary N) is 1. The number of aromatic nitrogens is 2. The molecule has 1 aromatic carbocycles. The maximum Gasteiger partial charge on any atom is 0.228 e. The van der Waals surface area contributed by atoms with Crippen LogP contribution in [0.1, 0.15) is 24.1 Å². The SMILES string of the molecule is O=C(Nc1ccc(-n2cccn2)cc1)[C@@H]1CC12CCN(C(=O)Cc1cccs1)CC2. The van der Waals surface area contributed by atoms with Crippen LogP contribution < -0.4 is 5.32 Å². The number of benzene rings is 1. The quantitative estimate of drug-likeness (QED) is 0.684. The number of piperidine rings is 1. The molecule has 0 bridgehead atoms. The number of thiophene rings is 1. The molecule has 0 radical (unpaired) electrons. The number of carbonyl (C=O) groups excluding carboxylic acids is 2. The highest BCUT2D eigenvalue weighted by Gasteiger charge is 2.58. The summed E-state index contributed by atoms with van der Waals surface area (Å²) in [4.78, 5) is 28.4. The van der Waals surface area contributed by atoms with E-state index < -0.39 is 0 Å². The topological polar surface area (TPSA) is 67.2 Å². The zero-order valence-electron chi connectivity index (χ0n) is 16.7. The van der Waals surface area contributed by atoms with Crippen LogP contribution in [-0.2, 0) is 16.0 Å². The van der Waals surface area contributed by atoms with E-state index in [2.05, 4.69) is 10.4 Å². The lowest BCUT2D eigenvalue weighted by molar-refractivity contribution is -0.132. The molecule has 1 aliphatic carbocycles. The van der Waals surface area contributed by atoms with Crippen molar-refractivity contribution in [2.75, 3.05) is 18.4 Å². The van der Waals surface area contributed by atoms with Crippen molar-refractivity contribution in [2.24, 2.45) is 11.3 Å². The van der Waals surface area contributed by atoms with Crippen molar-refractivity contribution in [1.82, 2.24) is 14.7 Å². The molecule has 1 atom stereocenters. The van der Waals surface area contributed by atoms with Gasteiger partial charge in [0.05, 0.1) is 12.1 Å². The summed E-state index contributed by atoms with van der Waals surface area (Å²) in [7, 11) is 0. The molecule has 7 heteroatoms. The Kier molecular flexibility index (Phi) is 4.90. The first kappa shape index (κ1) is 19.1. The first-order valence-electron chi connectivity index (χ1n) is 10.3. The van der Waals surface area contributed by atoms with Crippen LogP contribution in [-0.4, -0.2) is 39.6 Å². The van der Waals surface area contributed by atoms with E-state index in [1.54, 1.807) is 22.2 Å². The van der Waals surface area contributed by atoms with E-state index in [4.69, 9.17) is 0 Å². The molecule has 5 rings (SSSR count). The monoisotopic (exact) mass is 420 g/mol. The summed E-state index contributed by atoms with van der Waals surface area (Å²) >= 11 is 1.63. The minimum Gasteiger partial charge on any atom is -0.342 e. The summed E-state index contributed by atoms with van der Waals surface area (Å²) in [6, 6.07) is 13.6. The Labute approximate surface area is 179 Å². The molecule has 1 saturated carbocycles. The number of likely N-dealkylation sites (tertiary alicyclic amines) is 1. The summed E-state index contributed by atoms with van der Waals surface area (Å²) in [6.45, 7) is 1.51. The minimum atomic E-state index is 0.0536. The lowest BCUT2D eigenvalue weighted by atomic mass is 9.90. The van der Waals surface area contributed by atoms with Crippen LogP contribution in [0, 0.1) is 11.3 Å². The molecule has 1 N–H and O–H groups in total. The first-order chi connectivity index (χ1) is 14.6. The largest absolute Gasteiger partial charge is 0.342 e. The van der Waals surface area contributed by atoms with Gasteiger partial charge < -0.3 is 10.2 Å². The fourth-order valence-electron chi connectivity index (χ4n) is 4.49. The lowest BCUT2D eigenvalue weighted by Gasteiger charge is -2.33. The Hall–Kier alpha value is -2.93. The van der Waals surface area contributed by atoms with Gasteiger partial charge in [-0.15, -0.1) is 11.3 Å². The second-order valence-corrected chi connectivity index (χ2v) is 9.28. The summed E-state index contributed by atoms with van der Waals surface area (Å²) in [5.74, 6) is 0.351. The number of hydrogen-bond acceptors (Lipinski definition) is 4. The second-order valence-electron chi connectivity index (χ2n) is 8.24. The van der Waals surface area contributed by atoms with Crippen LogP contribution in [0.5, 0.6) is 0 Å². The van der Waals surface area contributed by atoms with Crippen LogP contribution in [0.25, 0.3) is 5.69 Å². The third-order valence-electron chi connectivity index (χ3n) is 6.43. The zero-order valence-corrected chi connectivity index (χ0v) is 17.5. The Morgan fingerprint density at radius 3 is 2.60 bits per heavy atom. The number of amides is 2. The van der Waals surface area contributed by atoms with Crippen LogP contribution >= 0.6 is 11.3 Å². The maximum absolute atomic E-state index is 12.8. The highest BCUT2D eigenvalue weighted by Crippen LogP contribution is 2.59. The van der Waals surface area contributed by atoms with Crippen LogP contribution in [0.4, 0.5) is 5.69 Å². The Bertz CT molecular complexity index is 1020. The molecular weight excluding hydrogens is 396 g/mol. The molecule has 1 saturated heterocycles. The van der Waals surface area contributed by atoms with E-state index in [0.29, 0.717) is 6.42 Å². The predicted molar refractivity (Wildman–Crippen MR) is 117 cm³/mol. The van der Waals surface area contributed by atoms with Crippen LogP contribution in [0.15, 0.2) is 60.2 Å². The number of rotatable bonds is 5. The molecule has 2 aromatic heterocycles. The van der Waals surface area contributed by atoms with Gasteiger partial charge in [-0.05, 0) is 66.5 Å². The normalized spacial score (nSPS) is 19.6. The Morgan fingerprint density at radius 2 is 1.93 bits per heavy atom. The van der Waals surface area contributed by atoms with Crippen molar-refractivity contribution >= 4 is 28.8 Å². The van der Waals surface area contributed by atoms with Gasteiger partial charge in [-0.2, -0.15) is 5.10 Å². The van der Waals surface area contributed by atoms with Gasteiger partial charge in [0, 0.05) is 42.0 Å². The fraction of sp³-hybridized carbons (Fsp3) is 0.348. The molecule has 30 heavy (non-hydrogen) atoms. The molecule has 0 unspecified atom stereocenters. The van der Waals surface area contributed by atoms with Gasteiger partial charge in [0.1, 0.15) is 0 Å². The summed E-state index contributed by atoms with van der Waals surface area (Å²) in [6.07, 6.45) is 6.88. The van der Waals surface area contributed by atoms with E-state index in [0.717, 1.165) is 48.6 Å². The molecule has 3 heterocycles. The van der Waals surface area contributed by atoms with Gasteiger partial charge in [-0.25, -0.2) is 4.68 Å². The number of anilines is 1. The highest BCUT2D eigenvalue weighted by molar-refractivity contribution is 7.10. The van der Waals surface area contributed by atoms with E-state index >= 15 is 0 Å². The van der Waals surface area contributed by atoms with E-state index in [-0.39, 0.29) is 23.1 Å². The molecule has 2 amide bonds. The van der Waals surface area contributed by atoms with E-state index in [9.17, 15) is 9.59 Å². The molecule has 1 aliphatic heterocycles. The summed E-state index contributed by atoms with van der Waals surface area (Å²) in [5, 5.41) is 9.28. The number of nitrogens with zero attached hydrogens (tertiary/aromatic N) is 3. The average Bonchev–Trinajstić information content (AvgIpc) is 3.16. The molecular formula is C23H24N4O2S. The van der Waals surface area contributed by atoms with Crippen molar-refractivity contribution in [3.63, 3.8) is 0 Å². The molecule has 154 valence electrons. The Morgan fingerprint density at radius 1 is 1.13 bits per heavy atom. The van der Waals surface area contributed by atoms with Crippen molar-refractivity contribution in [3.8, 4) is 5.69 Å². The highest BCUT2D eigenvalue weighted by atomic mass is 32.1. The molecule has 2 aliphatic rings. The maximum atomic E-state index is 12.8. The van der Waals surface area contributed by atoms with Gasteiger partial charge >= 0.3 is 0 Å². The van der Waals surface area contributed by atoms with Crippen molar-refractivity contribution in [2.45, 2.75) is 25.7 Å². The fourth-order valence-corrected chi connectivity index (χ4v) is 5.19. The van der Waals surface area contributed by atoms with Gasteiger partial charge in [0.25, 0.3) is 0 Å². The number of hydrogen-bond donors (Lipinski definition) is 1. The van der Waals surface area contributed by atoms with Crippen molar-refractivity contribution < 1.29 is 9.59 Å². The third-order valence-corrected chi connectivity index (χ3v) is 7.30. The Balaban J connectivity index is 1.13. The standard InChI is InChI=1S/C23H24N4O2S/c28-21(15-19-3-1-14-30-19)26-12-8-23(9-13-26)16-20(23)22(29)25-17-4-6-18(7-5-17)27-11-2-10-24-27/h1-7,10-11,14,20H,8-9,12-13,15-16H2,(H,25,29)/t20-/m0/s1. The molecule has 6 nitrogen and oxygen atoms in total. The molecule has 3 aromatic rings. The van der Waals surface area contributed by atoms with Gasteiger partial charge in [0.2, 0.25) is 11.8 Å². The minimum absolute atomic E-state index is 0.0536. The predicted octanol–water partition coefficient (Wildman–Crippen LogP) is 3.74. The van der Waals surface area contributed by atoms with E-state index in [1.165, 1.54) is 0 Å². The smallest absolute Gasteiger partial charge is 0.228 e. The lowest BCUT2D eigenvalue weighted by Crippen LogP contribution is -2.40. The number of carbonyl (C=O) groups is 2. The summed E-state index contributed by atoms with van der Waals surface area (Å²) < 4.78 is 1.79. The molecule has 1 spiro atoms. The second kappa shape index (κ2) is 7.72. The zero-order chi connectivity index (χ0) is 20.6. The van der Waals surface area contributed by atoms with E-state index in [1.807, 2.05) is 58.9 Å². The van der Waals surface area contributed by atoms with Crippen LogP contribution in [0.3, 0.4) is 0 Å². The third kappa shape index (κ3) is 3.77. The van der Waals surface area contributed by atoms with Crippen LogP contribution in [0.2, 0.25) is 0 Å². The first-order valence-corrected chi connectivity index (χ1v) is 11.2. The van der Waals surface area contributed by atoms with Crippen molar-refractivity contribution in [1.29, 1.82) is 0 Å².